The Balaban J connectivity index is 1.71. The van der Waals surface area contributed by atoms with Gasteiger partial charge in [0, 0.05) is 22.5 Å². The first-order valence-electron chi connectivity index (χ1n) is 6.56. The number of nitrogens with one attached hydrogen (secondary N) is 2. The molecule has 21 heavy (non-hydrogen) atoms. The minimum atomic E-state index is -0.462. The van der Waals surface area contributed by atoms with Gasteiger partial charge in [0.25, 0.3) is 0 Å². The van der Waals surface area contributed by atoms with E-state index in [-0.39, 0.29) is 11.9 Å². The predicted octanol–water partition coefficient (Wildman–Crippen LogP) is 2.12. The molecule has 1 aliphatic heterocycles. The van der Waals surface area contributed by atoms with Crippen molar-refractivity contribution >= 4 is 34.0 Å². The van der Waals surface area contributed by atoms with E-state index in [1.807, 2.05) is 23.6 Å². The van der Waals surface area contributed by atoms with Crippen molar-refractivity contribution in [1.29, 1.82) is 0 Å². The normalized spacial score (nSPS) is 21.4. The molecule has 2 atom stereocenters. The zero-order valence-corrected chi connectivity index (χ0v) is 12.6. The van der Waals surface area contributed by atoms with Crippen molar-refractivity contribution in [3.05, 3.63) is 34.7 Å². The van der Waals surface area contributed by atoms with Gasteiger partial charge in [-0.05, 0) is 12.5 Å². The number of nitrogens with zero attached hydrogens (tertiary/aromatic N) is 1. The number of carbonyl (C=O) groups excluding carboxylic acids is 1. The number of β-amino-alcohol motifs (C(OH)–C–C–N with tert-alkyl or cyclic N) is 1. The fourth-order valence-electron chi connectivity index (χ4n) is 2.23. The first kappa shape index (κ1) is 14.5. The van der Waals surface area contributed by atoms with E-state index in [0.29, 0.717) is 23.1 Å². The minimum absolute atomic E-state index is 0.174. The van der Waals surface area contributed by atoms with E-state index >= 15 is 0 Å². The van der Waals surface area contributed by atoms with Crippen LogP contribution in [0.3, 0.4) is 0 Å². The summed E-state index contributed by atoms with van der Waals surface area (Å²) in [6, 6.07) is 7.07. The van der Waals surface area contributed by atoms with Crippen LogP contribution in [-0.2, 0) is 4.79 Å². The molecule has 110 valence electrons. The van der Waals surface area contributed by atoms with Gasteiger partial charge in [-0.15, -0.1) is 11.3 Å². The summed E-state index contributed by atoms with van der Waals surface area (Å²) in [5, 5.41) is 18.2. The summed E-state index contributed by atoms with van der Waals surface area (Å²) in [6.45, 7) is 0.445. The van der Waals surface area contributed by atoms with Gasteiger partial charge in [-0.25, -0.2) is 4.98 Å². The molecular formula is C14H14ClN3O2S. The minimum Gasteiger partial charge on any atom is -0.392 e. The van der Waals surface area contributed by atoms with Crippen LogP contribution in [0.2, 0.25) is 5.02 Å². The summed E-state index contributed by atoms with van der Waals surface area (Å²) in [6.07, 6.45) is -0.0371. The van der Waals surface area contributed by atoms with Gasteiger partial charge in [0.15, 0.2) is 5.13 Å². The number of benzene rings is 1. The topological polar surface area (TPSA) is 74.2 Å². The van der Waals surface area contributed by atoms with Crippen LogP contribution < -0.4 is 10.6 Å². The number of amides is 1. The van der Waals surface area contributed by atoms with E-state index in [2.05, 4.69) is 15.6 Å². The van der Waals surface area contributed by atoms with Crippen LogP contribution in [0.4, 0.5) is 5.13 Å². The number of halogens is 1. The van der Waals surface area contributed by atoms with Crippen LogP contribution >= 0.6 is 22.9 Å². The number of hydrogen-bond donors (Lipinski definition) is 3. The lowest BCUT2D eigenvalue weighted by Crippen LogP contribution is -2.35. The Morgan fingerprint density at radius 3 is 3.00 bits per heavy atom. The third kappa shape index (κ3) is 3.24. The molecule has 2 heterocycles. The molecule has 2 aromatic rings. The number of carbonyl (C=O) groups is 1. The Morgan fingerprint density at radius 2 is 2.29 bits per heavy atom. The fraction of sp³-hybridized carbons (Fsp3) is 0.286. The molecular weight excluding hydrogens is 310 g/mol. The van der Waals surface area contributed by atoms with Gasteiger partial charge in [0.05, 0.1) is 17.8 Å². The highest BCUT2D eigenvalue weighted by molar-refractivity contribution is 7.14. The predicted molar refractivity (Wildman–Crippen MR) is 83.6 cm³/mol. The lowest BCUT2D eigenvalue weighted by molar-refractivity contribution is -0.117. The Labute approximate surface area is 131 Å². The molecule has 1 amide bonds. The van der Waals surface area contributed by atoms with Gasteiger partial charge < -0.3 is 15.7 Å². The lowest BCUT2D eigenvalue weighted by atomic mass is 10.2. The van der Waals surface area contributed by atoms with Gasteiger partial charge in [-0.1, -0.05) is 29.8 Å². The average molecular weight is 324 g/mol. The molecule has 1 saturated heterocycles. The van der Waals surface area contributed by atoms with Gasteiger partial charge in [0.2, 0.25) is 5.91 Å². The number of hydrogen-bond acceptors (Lipinski definition) is 5. The summed E-state index contributed by atoms with van der Waals surface area (Å²) >= 11 is 7.48. The Morgan fingerprint density at radius 1 is 1.48 bits per heavy atom. The molecule has 1 aromatic heterocycles. The number of thiazole rings is 1. The summed E-state index contributed by atoms with van der Waals surface area (Å²) < 4.78 is 0. The zero-order valence-electron chi connectivity index (χ0n) is 11.0. The van der Waals surface area contributed by atoms with Crippen molar-refractivity contribution in [3.63, 3.8) is 0 Å². The van der Waals surface area contributed by atoms with Gasteiger partial charge >= 0.3 is 0 Å². The van der Waals surface area contributed by atoms with E-state index in [1.165, 1.54) is 11.3 Å². The maximum Gasteiger partial charge on any atom is 0.243 e. The molecule has 0 unspecified atom stereocenters. The van der Waals surface area contributed by atoms with Crippen molar-refractivity contribution < 1.29 is 9.90 Å². The smallest absolute Gasteiger partial charge is 0.243 e. The molecule has 7 heteroatoms. The molecule has 1 aromatic carbocycles. The number of aromatic nitrogens is 1. The first-order valence-corrected chi connectivity index (χ1v) is 7.82. The van der Waals surface area contributed by atoms with Crippen LogP contribution in [0.5, 0.6) is 0 Å². The van der Waals surface area contributed by atoms with Crippen LogP contribution in [0.15, 0.2) is 29.6 Å². The van der Waals surface area contributed by atoms with Crippen molar-refractivity contribution in [3.8, 4) is 11.3 Å². The Hall–Kier alpha value is -1.47. The van der Waals surface area contributed by atoms with Crippen molar-refractivity contribution in [2.75, 3.05) is 11.9 Å². The number of anilines is 1. The van der Waals surface area contributed by atoms with Crippen LogP contribution in [-0.4, -0.2) is 34.7 Å². The fourth-order valence-corrected chi connectivity index (χ4v) is 3.18. The molecule has 3 rings (SSSR count). The third-order valence-electron chi connectivity index (χ3n) is 3.31. The molecule has 5 nitrogen and oxygen atoms in total. The van der Waals surface area contributed by atoms with E-state index in [0.717, 1.165) is 11.3 Å². The van der Waals surface area contributed by atoms with E-state index in [4.69, 9.17) is 11.6 Å². The molecule has 0 spiro atoms. The monoisotopic (exact) mass is 323 g/mol. The van der Waals surface area contributed by atoms with Crippen LogP contribution in [0.25, 0.3) is 11.3 Å². The zero-order chi connectivity index (χ0) is 14.8. The molecule has 1 aliphatic rings. The lowest BCUT2D eigenvalue weighted by Gasteiger charge is -2.08. The van der Waals surface area contributed by atoms with Crippen LogP contribution in [0, 0.1) is 0 Å². The number of rotatable bonds is 3. The highest BCUT2D eigenvalue weighted by atomic mass is 35.5. The first-order chi connectivity index (χ1) is 10.1. The second kappa shape index (κ2) is 6.11. The molecule has 0 saturated carbocycles. The molecule has 0 aliphatic carbocycles. The maximum atomic E-state index is 12.0. The van der Waals surface area contributed by atoms with Crippen molar-refractivity contribution in [2.45, 2.75) is 18.6 Å². The maximum absolute atomic E-state index is 12.0. The van der Waals surface area contributed by atoms with E-state index < -0.39 is 6.10 Å². The summed E-state index contributed by atoms with van der Waals surface area (Å²) in [5.41, 5.74) is 1.57. The Kier molecular flexibility index (Phi) is 4.21. The quantitative estimate of drug-likeness (QED) is 0.809. The van der Waals surface area contributed by atoms with E-state index in [9.17, 15) is 9.90 Å². The number of aliphatic hydroxyl groups is 1. The van der Waals surface area contributed by atoms with Crippen LogP contribution in [0.1, 0.15) is 6.42 Å². The second-order valence-corrected chi connectivity index (χ2v) is 6.12. The Bertz CT molecular complexity index is 661. The molecule has 3 N–H and O–H groups in total. The SMILES string of the molecule is O=C(Nc1nc(-c2ccccc2Cl)cs1)[C@H]1C[C@@H](O)CN1. The summed E-state index contributed by atoms with van der Waals surface area (Å²) in [5.74, 6) is -0.174. The van der Waals surface area contributed by atoms with E-state index in [1.54, 1.807) is 6.07 Å². The van der Waals surface area contributed by atoms with Crippen molar-refractivity contribution in [1.82, 2.24) is 10.3 Å². The van der Waals surface area contributed by atoms with Gasteiger partial charge in [-0.2, -0.15) is 0 Å². The van der Waals surface area contributed by atoms with Crippen molar-refractivity contribution in [2.24, 2.45) is 0 Å². The van der Waals surface area contributed by atoms with Gasteiger partial charge in [0.1, 0.15) is 0 Å². The molecule has 0 radical (unpaired) electrons. The second-order valence-electron chi connectivity index (χ2n) is 4.86. The standard InChI is InChI=1S/C14H14ClN3O2S/c15-10-4-2-1-3-9(10)12-7-21-14(17-12)18-13(20)11-5-8(19)6-16-11/h1-4,7-8,11,16,19H,5-6H2,(H,17,18,20)/t8-,11-/m1/s1. The summed E-state index contributed by atoms with van der Waals surface area (Å²) in [7, 11) is 0. The molecule has 0 bridgehead atoms. The van der Waals surface area contributed by atoms with Gasteiger partial charge in [-0.3, -0.25) is 4.79 Å². The molecule has 1 fully saturated rings. The highest BCUT2D eigenvalue weighted by Crippen LogP contribution is 2.30. The largest absolute Gasteiger partial charge is 0.392 e. The summed E-state index contributed by atoms with van der Waals surface area (Å²) in [4.78, 5) is 16.4. The number of aliphatic hydroxyl groups excluding tert-OH is 1. The highest BCUT2D eigenvalue weighted by Gasteiger charge is 2.28. The average Bonchev–Trinajstić information content (AvgIpc) is 3.08. The third-order valence-corrected chi connectivity index (χ3v) is 4.40.